The highest BCUT2D eigenvalue weighted by atomic mass is 32.1. The second kappa shape index (κ2) is 10.4. The molecule has 8 heteroatoms. The fourth-order valence-electron chi connectivity index (χ4n) is 5.66. The normalized spacial score (nSPS) is 21.2. The number of hydrogen-bond acceptors (Lipinski definition) is 5. The van der Waals surface area contributed by atoms with Gasteiger partial charge in [0.25, 0.3) is 0 Å². The van der Waals surface area contributed by atoms with Gasteiger partial charge in [-0.2, -0.15) is 0 Å². The zero-order chi connectivity index (χ0) is 25.2. The summed E-state index contributed by atoms with van der Waals surface area (Å²) in [6, 6.07) is 6.21. The SMILES string of the molecule is O=C(/C=C/c1cnc2c(c1)CN(CCN1CCC3(CC1)CC3)C(=O)N2)N1CC=C(Cc2cccs2)CC1. The number of urea groups is 1. The topological polar surface area (TPSA) is 68.8 Å². The molecule has 5 heterocycles. The number of piperidine rings is 1. The molecular weight excluding hydrogens is 482 g/mol. The van der Waals surface area contributed by atoms with Gasteiger partial charge >= 0.3 is 6.03 Å². The lowest BCUT2D eigenvalue weighted by Crippen LogP contribution is -2.45. The monoisotopic (exact) mass is 517 g/mol. The molecule has 3 amide bonds. The Kier molecular flexibility index (Phi) is 6.86. The van der Waals surface area contributed by atoms with Gasteiger partial charge in [0.05, 0.1) is 6.54 Å². The van der Waals surface area contributed by atoms with Gasteiger partial charge in [-0.1, -0.05) is 17.7 Å². The summed E-state index contributed by atoms with van der Waals surface area (Å²) in [6.07, 6.45) is 14.7. The van der Waals surface area contributed by atoms with Crippen LogP contribution in [0.3, 0.4) is 0 Å². The van der Waals surface area contributed by atoms with Crippen LogP contribution in [0.4, 0.5) is 10.6 Å². The fraction of sp³-hybridized carbons (Fsp3) is 0.483. The number of anilines is 1. The Morgan fingerprint density at radius 3 is 2.76 bits per heavy atom. The van der Waals surface area contributed by atoms with Crippen molar-refractivity contribution in [3.63, 3.8) is 0 Å². The number of pyridine rings is 1. The van der Waals surface area contributed by atoms with E-state index in [1.807, 2.05) is 21.9 Å². The molecule has 2 aromatic rings. The van der Waals surface area contributed by atoms with E-state index in [1.165, 1.54) is 36.1 Å². The summed E-state index contributed by atoms with van der Waals surface area (Å²) in [5.74, 6) is 0.645. The molecule has 0 aromatic carbocycles. The van der Waals surface area contributed by atoms with E-state index in [9.17, 15) is 9.59 Å². The van der Waals surface area contributed by atoms with E-state index in [1.54, 1.807) is 23.6 Å². The molecule has 0 unspecified atom stereocenters. The number of rotatable bonds is 7. The van der Waals surface area contributed by atoms with Crippen molar-refractivity contribution in [2.75, 3.05) is 44.6 Å². The molecule has 1 saturated heterocycles. The number of aromatic nitrogens is 1. The third-order valence-corrected chi connectivity index (χ3v) is 9.31. The van der Waals surface area contributed by atoms with Crippen LogP contribution in [0.1, 0.15) is 48.1 Å². The Morgan fingerprint density at radius 1 is 1.16 bits per heavy atom. The lowest BCUT2D eigenvalue weighted by atomic mass is 9.94. The van der Waals surface area contributed by atoms with E-state index in [-0.39, 0.29) is 11.9 Å². The minimum atomic E-state index is -0.0780. The number of likely N-dealkylation sites (tertiary alicyclic amines) is 1. The second-order valence-corrected chi connectivity index (χ2v) is 12.0. The summed E-state index contributed by atoms with van der Waals surface area (Å²) >= 11 is 1.78. The van der Waals surface area contributed by atoms with Crippen LogP contribution >= 0.6 is 11.3 Å². The summed E-state index contributed by atoms with van der Waals surface area (Å²) in [6.45, 7) is 5.89. The van der Waals surface area contributed by atoms with Gasteiger partial charge in [-0.15, -0.1) is 11.3 Å². The van der Waals surface area contributed by atoms with Gasteiger partial charge in [-0.25, -0.2) is 9.78 Å². The summed E-state index contributed by atoms with van der Waals surface area (Å²) in [5.41, 5.74) is 3.95. The van der Waals surface area contributed by atoms with Crippen LogP contribution in [0.5, 0.6) is 0 Å². The predicted molar refractivity (Wildman–Crippen MR) is 147 cm³/mol. The molecule has 2 aromatic heterocycles. The number of hydrogen-bond donors (Lipinski definition) is 1. The quantitative estimate of drug-likeness (QED) is 0.424. The minimum absolute atomic E-state index is 0.0218. The highest BCUT2D eigenvalue weighted by Gasteiger charge is 2.44. The van der Waals surface area contributed by atoms with Crippen LogP contribution in [0.25, 0.3) is 6.08 Å². The summed E-state index contributed by atoms with van der Waals surface area (Å²) in [4.78, 5) is 37.5. The van der Waals surface area contributed by atoms with E-state index >= 15 is 0 Å². The van der Waals surface area contributed by atoms with Crippen molar-refractivity contribution in [1.29, 1.82) is 0 Å². The maximum absolute atomic E-state index is 12.8. The largest absolute Gasteiger partial charge is 0.335 e. The summed E-state index contributed by atoms with van der Waals surface area (Å²) < 4.78 is 0. The molecular formula is C29H35N5O2S. The van der Waals surface area contributed by atoms with Gasteiger partial charge < -0.3 is 14.7 Å². The Hall–Kier alpha value is -2.97. The van der Waals surface area contributed by atoms with Crippen LogP contribution in [0, 0.1) is 5.41 Å². The van der Waals surface area contributed by atoms with Gasteiger partial charge in [-0.05, 0) is 79.8 Å². The van der Waals surface area contributed by atoms with Crippen LogP contribution in [-0.2, 0) is 17.8 Å². The van der Waals surface area contributed by atoms with Gasteiger partial charge in [0.2, 0.25) is 5.91 Å². The van der Waals surface area contributed by atoms with Crippen molar-refractivity contribution < 1.29 is 9.59 Å². The van der Waals surface area contributed by atoms with Crippen molar-refractivity contribution in [2.45, 2.75) is 45.1 Å². The number of amides is 3. The molecule has 1 saturated carbocycles. The molecule has 2 fully saturated rings. The number of nitrogens with zero attached hydrogens (tertiary/aromatic N) is 4. The summed E-state index contributed by atoms with van der Waals surface area (Å²) in [5, 5.41) is 5.05. The van der Waals surface area contributed by atoms with E-state index in [4.69, 9.17) is 0 Å². The molecule has 7 nitrogen and oxygen atoms in total. The lowest BCUT2D eigenvalue weighted by Gasteiger charge is -2.35. The smallest absolute Gasteiger partial charge is 0.323 e. The first-order chi connectivity index (χ1) is 18.1. The van der Waals surface area contributed by atoms with E-state index < -0.39 is 0 Å². The molecule has 1 N–H and O–H groups in total. The molecule has 0 atom stereocenters. The van der Waals surface area contributed by atoms with Crippen molar-refractivity contribution >= 4 is 35.2 Å². The fourth-order valence-corrected chi connectivity index (χ4v) is 6.42. The Morgan fingerprint density at radius 2 is 2.03 bits per heavy atom. The van der Waals surface area contributed by atoms with Crippen molar-refractivity contribution in [1.82, 2.24) is 19.7 Å². The van der Waals surface area contributed by atoms with Crippen LogP contribution in [-0.4, -0.2) is 70.9 Å². The number of fused-ring (bicyclic) bond motifs is 1. The number of carbonyl (C=O) groups excluding carboxylic acids is 2. The maximum atomic E-state index is 12.8. The first-order valence-electron chi connectivity index (χ1n) is 13.5. The Labute approximate surface area is 222 Å². The van der Waals surface area contributed by atoms with Gasteiger partial charge in [-0.3, -0.25) is 10.1 Å². The average molecular weight is 518 g/mol. The zero-order valence-corrected chi connectivity index (χ0v) is 22.1. The predicted octanol–water partition coefficient (Wildman–Crippen LogP) is 4.78. The molecule has 37 heavy (non-hydrogen) atoms. The maximum Gasteiger partial charge on any atom is 0.323 e. The molecule has 0 radical (unpaired) electrons. The number of nitrogens with one attached hydrogen (secondary N) is 1. The first kappa shape index (κ1) is 24.4. The van der Waals surface area contributed by atoms with Gasteiger partial charge in [0.15, 0.2) is 0 Å². The van der Waals surface area contributed by atoms with Gasteiger partial charge in [0.1, 0.15) is 5.82 Å². The van der Waals surface area contributed by atoms with Crippen molar-refractivity contribution in [3.8, 4) is 0 Å². The minimum Gasteiger partial charge on any atom is -0.335 e. The van der Waals surface area contributed by atoms with Gasteiger partial charge in [0, 0.05) is 55.3 Å². The Balaban J connectivity index is 1.02. The van der Waals surface area contributed by atoms with E-state index in [0.717, 1.165) is 50.1 Å². The van der Waals surface area contributed by atoms with E-state index in [2.05, 4.69) is 38.8 Å². The van der Waals surface area contributed by atoms with Crippen molar-refractivity contribution in [3.05, 3.63) is 63.5 Å². The van der Waals surface area contributed by atoms with Crippen molar-refractivity contribution in [2.24, 2.45) is 5.41 Å². The Bertz CT molecular complexity index is 1210. The lowest BCUT2D eigenvalue weighted by molar-refractivity contribution is -0.125. The molecule has 194 valence electrons. The van der Waals surface area contributed by atoms with Crippen LogP contribution in [0.15, 0.2) is 47.5 Å². The van der Waals surface area contributed by atoms with E-state index in [0.29, 0.717) is 30.9 Å². The standard InChI is InChI=1S/C29H35N5O2S/c35-26(33-11-5-22(6-12-33)19-25-2-1-17-37-25)4-3-23-18-24-21-34(28(36)31-27(24)30-20-23)16-15-32-13-9-29(7-8-29)10-14-32/h1-5,17-18,20H,6-16,19,21H2,(H,30,31,36)/b4-3+. The highest BCUT2D eigenvalue weighted by molar-refractivity contribution is 7.09. The molecule has 4 aliphatic rings. The number of thiophene rings is 1. The molecule has 3 aliphatic heterocycles. The number of carbonyl (C=O) groups is 2. The molecule has 6 rings (SSSR count). The van der Waals surface area contributed by atoms with Crippen LogP contribution < -0.4 is 5.32 Å². The first-order valence-corrected chi connectivity index (χ1v) is 14.4. The van der Waals surface area contributed by atoms with Crippen LogP contribution in [0.2, 0.25) is 0 Å². The zero-order valence-electron chi connectivity index (χ0n) is 21.3. The second-order valence-electron chi connectivity index (χ2n) is 11.0. The third kappa shape index (κ3) is 5.80. The molecule has 1 aliphatic carbocycles. The third-order valence-electron chi connectivity index (χ3n) is 8.44. The molecule has 0 bridgehead atoms. The molecule has 1 spiro atoms. The summed E-state index contributed by atoms with van der Waals surface area (Å²) in [7, 11) is 0. The highest BCUT2D eigenvalue weighted by Crippen LogP contribution is 2.53. The average Bonchev–Trinajstić information content (AvgIpc) is 3.47.